The fourth-order valence-corrected chi connectivity index (χ4v) is 5.49. The fraction of sp³-hybridized carbons (Fsp3) is 0.214. The monoisotopic (exact) mass is 501 g/mol. The lowest BCUT2D eigenvalue weighted by Gasteiger charge is -2.28. The van der Waals surface area contributed by atoms with Gasteiger partial charge in [-0.3, -0.25) is 4.98 Å². The number of pyridine rings is 1. The van der Waals surface area contributed by atoms with Crippen molar-refractivity contribution < 1.29 is 0 Å². The second-order valence-electron chi connectivity index (χ2n) is 9.05. The zero-order chi connectivity index (χ0) is 24.7. The molecule has 0 bridgehead atoms. The second kappa shape index (κ2) is 9.36. The van der Waals surface area contributed by atoms with Crippen LogP contribution in [0.5, 0.6) is 0 Å². The molecule has 0 amide bonds. The zero-order valence-electron chi connectivity index (χ0n) is 20.2. The van der Waals surface area contributed by atoms with Crippen LogP contribution in [0.1, 0.15) is 34.7 Å². The molecule has 0 unspecified atom stereocenters. The van der Waals surface area contributed by atoms with Crippen molar-refractivity contribution in [2.75, 3.05) is 23.9 Å². The van der Waals surface area contributed by atoms with E-state index in [1.54, 1.807) is 0 Å². The van der Waals surface area contributed by atoms with E-state index in [1.165, 1.54) is 5.56 Å². The van der Waals surface area contributed by atoms with E-state index in [2.05, 4.69) is 81.0 Å². The molecule has 35 heavy (non-hydrogen) atoms. The lowest BCUT2D eigenvalue weighted by Crippen LogP contribution is -2.29. The Balaban J connectivity index is 1.66. The summed E-state index contributed by atoms with van der Waals surface area (Å²) in [7, 11) is 4.09. The number of hydrogen-bond donors (Lipinski definition) is 1. The minimum atomic E-state index is -0.0921. The van der Waals surface area contributed by atoms with Crippen LogP contribution in [-0.2, 0) is 0 Å². The van der Waals surface area contributed by atoms with Crippen LogP contribution in [0.15, 0.2) is 79.0 Å². The van der Waals surface area contributed by atoms with E-state index in [4.69, 9.17) is 23.8 Å². The topological polar surface area (TPSA) is 36.3 Å². The molecule has 1 aliphatic heterocycles. The third kappa shape index (κ3) is 4.28. The molecule has 3 heterocycles. The molecule has 7 heteroatoms. The predicted molar refractivity (Wildman–Crippen MR) is 149 cm³/mol. The highest BCUT2D eigenvalue weighted by molar-refractivity contribution is 7.80. The van der Waals surface area contributed by atoms with Crippen LogP contribution in [0, 0.1) is 13.8 Å². The summed E-state index contributed by atoms with van der Waals surface area (Å²) in [5.74, 6) is 0. The van der Waals surface area contributed by atoms with Crippen LogP contribution in [-0.4, -0.2) is 28.8 Å². The van der Waals surface area contributed by atoms with Gasteiger partial charge in [0, 0.05) is 53.8 Å². The summed E-state index contributed by atoms with van der Waals surface area (Å²) >= 11 is 12.2. The molecular formula is C28H28ClN5S. The summed E-state index contributed by atoms with van der Waals surface area (Å²) in [5.41, 5.74) is 7.68. The van der Waals surface area contributed by atoms with E-state index in [0.717, 1.165) is 34.1 Å². The van der Waals surface area contributed by atoms with Crippen molar-refractivity contribution in [3.05, 3.63) is 107 Å². The van der Waals surface area contributed by atoms with E-state index >= 15 is 0 Å². The largest absolute Gasteiger partial charge is 0.378 e. The van der Waals surface area contributed by atoms with Crippen molar-refractivity contribution in [2.45, 2.75) is 25.9 Å². The number of halogens is 1. The van der Waals surface area contributed by atoms with Crippen molar-refractivity contribution >= 4 is 40.3 Å². The Morgan fingerprint density at radius 3 is 2.37 bits per heavy atom. The van der Waals surface area contributed by atoms with Crippen LogP contribution in [0.2, 0.25) is 5.02 Å². The molecule has 178 valence electrons. The van der Waals surface area contributed by atoms with Crippen molar-refractivity contribution in [3.8, 4) is 5.69 Å². The van der Waals surface area contributed by atoms with E-state index in [9.17, 15) is 0 Å². The Bertz CT molecular complexity index is 1360. The Hall–Kier alpha value is -3.35. The number of rotatable bonds is 5. The van der Waals surface area contributed by atoms with E-state index in [0.29, 0.717) is 10.1 Å². The van der Waals surface area contributed by atoms with Gasteiger partial charge in [0.15, 0.2) is 5.11 Å². The lowest BCUT2D eigenvalue weighted by molar-refractivity contribution is 0.565. The fourth-order valence-electron chi connectivity index (χ4n) is 4.96. The molecule has 4 aromatic rings. The maximum absolute atomic E-state index is 6.33. The molecule has 2 atom stereocenters. The summed E-state index contributed by atoms with van der Waals surface area (Å²) < 4.78 is 2.26. The second-order valence-corrected chi connectivity index (χ2v) is 9.87. The zero-order valence-corrected chi connectivity index (χ0v) is 21.8. The van der Waals surface area contributed by atoms with Crippen molar-refractivity contribution in [1.29, 1.82) is 0 Å². The average molecular weight is 502 g/mol. The summed E-state index contributed by atoms with van der Waals surface area (Å²) in [6.07, 6.45) is 1.83. The molecule has 0 radical (unpaired) electrons. The van der Waals surface area contributed by atoms with Gasteiger partial charge in [-0.2, -0.15) is 0 Å². The Morgan fingerprint density at radius 2 is 1.71 bits per heavy atom. The quantitative estimate of drug-likeness (QED) is 0.321. The SMILES string of the molecule is Cc1cc([C@@H]2[C@@H](c3ccccn3)NC(=S)N2c2ccc(N(C)C)cc2)c(C)n1-c1cccc(Cl)c1. The number of aryl methyl sites for hydroxylation is 1. The molecule has 1 saturated heterocycles. The Kier molecular flexibility index (Phi) is 6.26. The first-order valence-corrected chi connectivity index (χ1v) is 12.4. The molecule has 5 rings (SSSR count). The first kappa shape index (κ1) is 23.4. The van der Waals surface area contributed by atoms with Gasteiger partial charge in [0.25, 0.3) is 0 Å². The van der Waals surface area contributed by atoms with Gasteiger partial charge in [-0.1, -0.05) is 23.7 Å². The number of aromatic nitrogens is 2. The van der Waals surface area contributed by atoms with Crippen molar-refractivity contribution in [3.63, 3.8) is 0 Å². The van der Waals surface area contributed by atoms with Gasteiger partial charge in [0.2, 0.25) is 0 Å². The van der Waals surface area contributed by atoms with Crippen molar-refractivity contribution in [2.24, 2.45) is 0 Å². The molecule has 2 aromatic carbocycles. The number of benzene rings is 2. The number of nitrogens with one attached hydrogen (secondary N) is 1. The van der Waals surface area contributed by atoms with Crippen LogP contribution in [0.25, 0.3) is 5.69 Å². The maximum Gasteiger partial charge on any atom is 0.174 e. The van der Waals surface area contributed by atoms with Crippen LogP contribution >= 0.6 is 23.8 Å². The molecular weight excluding hydrogens is 474 g/mol. The minimum Gasteiger partial charge on any atom is -0.378 e. The van der Waals surface area contributed by atoms with Gasteiger partial charge in [-0.15, -0.1) is 0 Å². The molecule has 0 spiro atoms. The third-order valence-corrected chi connectivity index (χ3v) is 7.15. The number of anilines is 2. The van der Waals surface area contributed by atoms with Crippen LogP contribution in [0.3, 0.4) is 0 Å². The highest BCUT2D eigenvalue weighted by atomic mass is 35.5. The van der Waals surface area contributed by atoms with Crippen LogP contribution in [0.4, 0.5) is 11.4 Å². The lowest BCUT2D eigenvalue weighted by atomic mass is 9.96. The molecule has 0 aliphatic carbocycles. The maximum atomic E-state index is 6.33. The predicted octanol–water partition coefficient (Wildman–Crippen LogP) is 6.39. The Labute approximate surface area is 217 Å². The summed E-state index contributed by atoms with van der Waals surface area (Å²) in [4.78, 5) is 9.00. The van der Waals surface area contributed by atoms with E-state index in [-0.39, 0.29) is 12.1 Å². The standard InChI is InChI=1S/C28H28ClN5S/c1-18-16-24(19(2)33(18)23-9-7-8-20(29)17-23)27-26(25-10-5-6-15-30-25)31-28(35)34(27)22-13-11-21(12-14-22)32(3)4/h5-17,26-27H,1-4H3,(H,31,35)/t26-,27-/m1/s1. The molecule has 1 aliphatic rings. The first-order valence-electron chi connectivity index (χ1n) is 11.6. The van der Waals surface area contributed by atoms with Crippen molar-refractivity contribution in [1.82, 2.24) is 14.9 Å². The molecule has 0 saturated carbocycles. The van der Waals surface area contributed by atoms with Gasteiger partial charge in [-0.25, -0.2) is 0 Å². The molecule has 1 N–H and O–H groups in total. The minimum absolute atomic E-state index is 0.0678. The number of hydrogen-bond acceptors (Lipinski definition) is 3. The number of nitrogens with zero attached hydrogens (tertiary/aromatic N) is 4. The van der Waals surface area contributed by atoms with E-state index in [1.807, 2.05) is 50.6 Å². The van der Waals surface area contributed by atoms with Crippen LogP contribution < -0.4 is 15.1 Å². The smallest absolute Gasteiger partial charge is 0.174 e. The number of thiocarbonyl (C=S) groups is 1. The normalized spacial score (nSPS) is 17.5. The Morgan fingerprint density at radius 1 is 0.943 bits per heavy atom. The summed E-state index contributed by atoms with van der Waals surface area (Å²) in [6, 6.07) is 24.6. The average Bonchev–Trinajstić information content (AvgIpc) is 3.34. The highest BCUT2D eigenvalue weighted by Gasteiger charge is 2.42. The first-order chi connectivity index (χ1) is 16.8. The summed E-state index contributed by atoms with van der Waals surface area (Å²) in [5, 5.41) is 4.97. The molecule has 5 nitrogen and oxygen atoms in total. The third-order valence-electron chi connectivity index (χ3n) is 6.60. The van der Waals surface area contributed by atoms with Gasteiger partial charge >= 0.3 is 0 Å². The molecule has 1 fully saturated rings. The summed E-state index contributed by atoms with van der Waals surface area (Å²) in [6.45, 7) is 4.29. The van der Waals surface area contributed by atoms with Gasteiger partial charge in [0.05, 0.1) is 17.8 Å². The van der Waals surface area contributed by atoms with Gasteiger partial charge in [-0.05, 0) is 92.3 Å². The molecule has 2 aromatic heterocycles. The van der Waals surface area contributed by atoms with E-state index < -0.39 is 0 Å². The highest BCUT2D eigenvalue weighted by Crippen LogP contribution is 2.44. The van der Waals surface area contributed by atoms with Gasteiger partial charge < -0.3 is 19.7 Å². The van der Waals surface area contributed by atoms with Gasteiger partial charge in [0.1, 0.15) is 0 Å².